The van der Waals surface area contributed by atoms with E-state index in [2.05, 4.69) is 0 Å². The van der Waals surface area contributed by atoms with Crippen molar-refractivity contribution in [2.24, 2.45) is 0 Å². The highest BCUT2D eigenvalue weighted by atomic mass is 16.4. The number of aliphatic hydroxyl groups excluding tert-OH is 1. The first-order chi connectivity index (χ1) is 9.70. The number of nitrogens with zero attached hydrogens (tertiary/aromatic N) is 1. The molecule has 0 atom stereocenters. The Bertz CT molecular complexity index is 550. The summed E-state index contributed by atoms with van der Waals surface area (Å²) in [5.41, 5.74) is 1.73. The van der Waals surface area contributed by atoms with Crippen molar-refractivity contribution in [2.45, 2.75) is 13.1 Å². The van der Waals surface area contributed by atoms with Crippen molar-refractivity contribution in [1.29, 1.82) is 0 Å². The molecule has 2 N–H and O–H groups in total. The van der Waals surface area contributed by atoms with E-state index >= 15 is 0 Å². The van der Waals surface area contributed by atoms with E-state index in [-0.39, 0.29) is 12.4 Å². The van der Waals surface area contributed by atoms with Crippen LogP contribution in [0.4, 0.5) is 0 Å². The molecule has 1 aromatic carbocycles. The van der Waals surface area contributed by atoms with Crippen LogP contribution in [0.3, 0.4) is 0 Å². The van der Waals surface area contributed by atoms with Gasteiger partial charge in [0.05, 0.1) is 12.9 Å². The second-order valence-electron chi connectivity index (χ2n) is 4.50. The summed E-state index contributed by atoms with van der Waals surface area (Å²) in [6.07, 6.45) is 1.37. The molecule has 5 heteroatoms. The van der Waals surface area contributed by atoms with Gasteiger partial charge >= 0.3 is 5.97 Å². The molecule has 2 rings (SSSR count). The topological polar surface area (TPSA) is 73.9 Å². The predicted octanol–water partition coefficient (Wildman–Crippen LogP) is 1.97. The maximum Gasteiger partial charge on any atom is 0.372 e. The second kappa shape index (κ2) is 6.88. The van der Waals surface area contributed by atoms with Gasteiger partial charge in [0.15, 0.2) is 0 Å². The van der Waals surface area contributed by atoms with Crippen LogP contribution in [-0.4, -0.2) is 34.2 Å². The van der Waals surface area contributed by atoms with Crippen molar-refractivity contribution in [3.63, 3.8) is 0 Å². The molecule has 20 heavy (non-hydrogen) atoms. The largest absolute Gasteiger partial charge is 0.475 e. The van der Waals surface area contributed by atoms with E-state index in [4.69, 9.17) is 14.6 Å². The summed E-state index contributed by atoms with van der Waals surface area (Å²) < 4.78 is 4.97. The second-order valence-corrected chi connectivity index (χ2v) is 4.50. The van der Waals surface area contributed by atoms with Gasteiger partial charge in [0.2, 0.25) is 5.76 Å². The summed E-state index contributed by atoms with van der Waals surface area (Å²) in [5.74, 6) is -1.12. The lowest BCUT2D eigenvalue weighted by Crippen LogP contribution is -2.26. The van der Waals surface area contributed by atoms with Gasteiger partial charge in [0.25, 0.3) is 0 Å². The summed E-state index contributed by atoms with van der Waals surface area (Å²) in [6.45, 7) is 1.56. The third-order valence-corrected chi connectivity index (χ3v) is 3.00. The Labute approximate surface area is 117 Å². The van der Waals surface area contributed by atoms with Gasteiger partial charge < -0.3 is 14.6 Å². The van der Waals surface area contributed by atoms with Gasteiger partial charge in [-0.1, -0.05) is 30.3 Å². The van der Waals surface area contributed by atoms with Crippen LogP contribution in [0.5, 0.6) is 0 Å². The van der Waals surface area contributed by atoms with Crippen molar-refractivity contribution in [2.75, 3.05) is 13.2 Å². The maximum atomic E-state index is 11.0. The minimum Gasteiger partial charge on any atom is -0.475 e. The number of hydrogen-bond acceptors (Lipinski definition) is 4. The molecule has 1 aromatic heterocycles. The Morgan fingerprint density at radius 2 is 1.90 bits per heavy atom. The summed E-state index contributed by atoms with van der Waals surface area (Å²) in [7, 11) is 0. The standard InChI is InChI=1S/C15H17NO4/c17-8-7-16(10-12-4-2-1-3-5-12)11-13-6-9-20-14(13)15(18)19/h1-6,9,17H,7-8,10-11H2,(H,18,19). The van der Waals surface area contributed by atoms with Crippen LogP contribution in [0.2, 0.25) is 0 Å². The number of carboxylic acids is 1. The molecule has 0 saturated heterocycles. The van der Waals surface area contributed by atoms with Crippen LogP contribution in [0.25, 0.3) is 0 Å². The minimum absolute atomic E-state index is 0.0209. The van der Waals surface area contributed by atoms with Crippen LogP contribution >= 0.6 is 0 Å². The molecule has 0 amide bonds. The molecule has 106 valence electrons. The fourth-order valence-corrected chi connectivity index (χ4v) is 2.09. The monoisotopic (exact) mass is 275 g/mol. The number of benzene rings is 1. The first-order valence-corrected chi connectivity index (χ1v) is 6.37. The molecular formula is C15H17NO4. The quantitative estimate of drug-likeness (QED) is 0.808. The molecule has 0 spiro atoms. The van der Waals surface area contributed by atoms with E-state index in [0.717, 1.165) is 5.56 Å². The molecule has 0 fully saturated rings. The molecule has 0 aliphatic rings. The molecule has 0 unspecified atom stereocenters. The summed E-state index contributed by atoms with van der Waals surface area (Å²) in [4.78, 5) is 13.0. The van der Waals surface area contributed by atoms with Crippen LogP contribution in [0.15, 0.2) is 47.1 Å². The van der Waals surface area contributed by atoms with Crippen molar-refractivity contribution >= 4 is 5.97 Å². The minimum atomic E-state index is -1.08. The zero-order chi connectivity index (χ0) is 14.4. The van der Waals surface area contributed by atoms with E-state index in [1.807, 2.05) is 35.2 Å². The predicted molar refractivity (Wildman–Crippen MR) is 73.3 cm³/mol. The van der Waals surface area contributed by atoms with Crippen molar-refractivity contribution in [3.8, 4) is 0 Å². The Balaban J connectivity index is 2.09. The zero-order valence-electron chi connectivity index (χ0n) is 11.0. The van der Waals surface area contributed by atoms with E-state index in [1.54, 1.807) is 6.07 Å². The van der Waals surface area contributed by atoms with Gasteiger partial charge in [-0.2, -0.15) is 0 Å². The molecule has 5 nitrogen and oxygen atoms in total. The van der Waals surface area contributed by atoms with Gasteiger partial charge in [0.1, 0.15) is 0 Å². The van der Waals surface area contributed by atoms with Gasteiger partial charge in [-0.05, 0) is 11.6 Å². The first-order valence-electron chi connectivity index (χ1n) is 6.37. The lowest BCUT2D eigenvalue weighted by molar-refractivity contribution is 0.0658. The van der Waals surface area contributed by atoms with E-state index in [1.165, 1.54) is 6.26 Å². The molecule has 0 aliphatic heterocycles. The van der Waals surface area contributed by atoms with Crippen LogP contribution in [0.1, 0.15) is 21.7 Å². The number of carboxylic acid groups (broad SMARTS) is 1. The first kappa shape index (κ1) is 14.3. The molecule has 0 aliphatic carbocycles. The van der Waals surface area contributed by atoms with Crippen LogP contribution in [-0.2, 0) is 13.1 Å². The molecule has 2 aromatic rings. The van der Waals surface area contributed by atoms with Gasteiger partial charge in [0, 0.05) is 25.2 Å². The SMILES string of the molecule is O=C(O)c1occc1CN(CCO)Cc1ccccc1. The molecule has 0 radical (unpaired) electrons. The Hall–Kier alpha value is -2.11. The van der Waals surface area contributed by atoms with Gasteiger partial charge in [-0.3, -0.25) is 4.90 Å². The smallest absolute Gasteiger partial charge is 0.372 e. The Morgan fingerprint density at radius 3 is 2.55 bits per heavy atom. The van der Waals surface area contributed by atoms with Crippen LogP contribution in [0, 0.1) is 0 Å². The molecular weight excluding hydrogens is 258 g/mol. The van der Waals surface area contributed by atoms with E-state index in [0.29, 0.717) is 25.2 Å². The lowest BCUT2D eigenvalue weighted by atomic mass is 10.2. The molecule has 1 heterocycles. The number of aliphatic hydroxyl groups is 1. The number of hydrogen-bond donors (Lipinski definition) is 2. The van der Waals surface area contributed by atoms with Crippen molar-refractivity contribution in [1.82, 2.24) is 4.90 Å². The fourth-order valence-electron chi connectivity index (χ4n) is 2.09. The molecule has 0 bridgehead atoms. The summed E-state index contributed by atoms with van der Waals surface area (Å²) in [6, 6.07) is 11.5. The third-order valence-electron chi connectivity index (χ3n) is 3.00. The van der Waals surface area contributed by atoms with Crippen molar-refractivity contribution in [3.05, 3.63) is 59.5 Å². The Morgan fingerprint density at radius 1 is 1.15 bits per heavy atom. The third kappa shape index (κ3) is 3.69. The summed E-state index contributed by atoms with van der Waals surface area (Å²) >= 11 is 0. The Kier molecular flexibility index (Phi) is 4.92. The number of aromatic carboxylic acids is 1. The number of carbonyl (C=O) groups is 1. The highest BCUT2D eigenvalue weighted by Gasteiger charge is 2.16. The maximum absolute atomic E-state index is 11.0. The fraction of sp³-hybridized carbons (Fsp3) is 0.267. The zero-order valence-corrected chi connectivity index (χ0v) is 11.0. The van der Waals surface area contributed by atoms with E-state index < -0.39 is 5.97 Å². The molecule has 0 saturated carbocycles. The van der Waals surface area contributed by atoms with Crippen molar-refractivity contribution < 1.29 is 19.4 Å². The highest BCUT2D eigenvalue weighted by Crippen LogP contribution is 2.15. The normalized spacial score (nSPS) is 10.9. The van der Waals surface area contributed by atoms with Crippen LogP contribution < -0.4 is 0 Å². The van der Waals surface area contributed by atoms with E-state index in [9.17, 15) is 4.79 Å². The van der Waals surface area contributed by atoms with Gasteiger partial charge in [-0.25, -0.2) is 4.79 Å². The average molecular weight is 275 g/mol. The average Bonchev–Trinajstić information content (AvgIpc) is 2.88. The lowest BCUT2D eigenvalue weighted by Gasteiger charge is -2.21. The number of furan rings is 1. The van der Waals surface area contributed by atoms with Gasteiger partial charge in [-0.15, -0.1) is 0 Å². The number of rotatable bonds is 7. The highest BCUT2D eigenvalue weighted by molar-refractivity contribution is 5.86. The summed E-state index contributed by atoms with van der Waals surface area (Å²) in [5, 5.41) is 18.2.